The molecule has 0 saturated carbocycles. The molecule has 0 aliphatic heterocycles. The zero-order chi connectivity index (χ0) is 24.5. The van der Waals surface area contributed by atoms with Gasteiger partial charge >= 0.3 is 12.3 Å². The molecule has 10 heteroatoms. The fourth-order valence-corrected chi connectivity index (χ4v) is 3.54. The van der Waals surface area contributed by atoms with E-state index >= 15 is 0 Å². The van der Waals surface area contributed by atoms with Gasteiger partial charge in [-0.3, -0.25) is 4.79 Å². The van der Waals surface area contributed by atoms with E-state index in [0.717, 1.165) is 24.8 Å². The number of methoxy groups -OCH3 is 1. The highest BCUT2D eigenvalue weighted by atomic mass is 19.4. The summed E-state index contributed by atoms with van der Waals surface area (Å²) in [6.07, 6.45) is -3.56. The van der Waals surface area contributed by atoms with E-state index in [0.29, 0.717) is 5.56 Å². The van der Waals surface area contributed by atoms with Crippen molar-refractivity contribution in [3.05, 3.63) is 88.5 Å². The average molecular weight is 470 g/mol. The third-order valence-corrected chi connectivity index (χ3v) is 5.09. The zero-order valence-corrected chi connectivity index (χ0v) is 17.7. The molecule has 2 heterocycles. The molecule has 1 N–H and O–H groups in total. The Hall–Kier alpha value is -4.34. The van der Waals surface area contributed by atoms with Crippen molar-refractivity contribution in [2.75, 3.05) is 7.11 Å². The topological polar surface area (TPSA) is 90.7 Å². The van der Waals surface area contributed by atoms with Crippen LogP contribution in [-0.4, -0.2) is 34.1 Å². The highest BCUT2D eigenvalue weighted by molar-refractivity contribution is 5.99. The standard InChI is InChI=1S/C24H17F3N2O5/c1-33-23(32)20-21(30)18-11-17(15-7-9-16(10-8-15)34-24(25,26)27)22(31)29(19(18)12-28-20)13-14-5-3-2-4-6-14/h2-12,30H,13H2,1H3. The highest BCUT2D eigenvalue weighted by Crippen LogP contribution is 2.31. The number of esters is 1. The molecule has 0 radical (unpaired) electrons. The van der Waals surface area contributed by atoms with Gasteiger partial charge in [0.15, 0.2) is 11.4 Å². The van der Waals surface area contributed by atoms with Gasteiger partial charge in [-0.05, 0) is 29.3 Å². The molecule has 0 spiro atoms. The number of fused-ring (bicyclic) bond motifs is 1. The van der Waals surface area contributed by atoms with E-state index in [-0.39, 0.29) is 28.7 Å². The Morgan fingerprint density at radius 3 is 2.38 bits per heavy atom. The van der Waals surface area contributed by atoms with Gasteiger partial charge in [0.05, 0.1) is 25.4 Å². The summed E-state index contributed by atoms with van der Waals surface area (Å²) in [7, 11) is 1.14. The van der Waals surface area contributed by atoms with Crippen LogP contribution in [0.4, 0.5) is 13.2 Å². The Balaban J connectivity index is 1.92. The number of hydrogen-bond donors (Lipinski definition) is 1. The molecule has 34 heavy (non-hydrogen) atoms. The van der Waals surface area contributed by atoms with Crippen LogP contribution in [-0.2, 0) is 11.3 Å². The van der Waals surface area contributed by atoms with Gasteiger partial charge in [-0.2, -0.15) is 0 Å². The fourth-order valence-electron chi connectivity index (χ4n) is 3.54. The van der Waals surface area contributed by atoms with Crippen LogP contribution < -0.4 is 10.3 Å². The minimum Gasteiger partial charge on any atom is -0.505 e. The molecule has 0 amide bonds. The van der Waals surface area contributed by atoms with E-state index in [2.05, 4.69) is 14.5 Å². The van der Waals surface area contributed by atoms with Gasteiger partial charge < -0.3 is 19.1 Å². The first-order valence-corrected chi connectivity index (χ1v) is 9.92. The van der Waals surface area contributed by atoms with E-state index in [9.17, 15) is 27.9 Å². The van der Waals surface area contributed by atoms with Crippen LogP contribution in [0.25, 0.3) is 22.0 Å². The SMILES string of the molecule is COC(=O)c1ncc2c(cc(-c3ccc(OC(F)(F)F)cc3)c(=O)n2Cc2ccccc2)c1O. The van der Waals surface area contributed by atoms with Gasteiger partial charge in [-0.15, -0.1) is 13.2 Å². The number of aromatic hydroxyl groups is 1. The number of hydrogen-bond acceptors (Lipinski definition) is 6. The summed E-state index contributed by atoms with van der Waals surface area (Å²) in [5.41, 5.74) is 0.638. The summed E-state index contributed by atoms with van der Waals surface area (Å²) in [5.74, 6) is -1.79. The van der Waals surface area contributed by atoms with Gasteiger partial charge in [-0.1, -0.05) is 42.5 Å². The number of carbonyl (C=O) groups is 1. The molecule has 2 aromatic carbocycles. The van der Waals surface area contributed by atoms with Crippen molar-refractivity contribution in [3.8, 4) is 22.6 Å². The number of nitrogens with zero attached hydrogens (tertiary/aromatic N) is 2. The van der Waals surface area contributed by atoms with E-state index < -0.39 is 29.4 Å². The van der Waals surface area contributed by atoms with E-state index in [1.54, 1.807) is 12.1 Å². The van der Waals surface area contributed by atoms with Crippen LogP contribution in [0.2, 0.25) is 0 Å². The lowest BCUT2D eigenvalue weighted by Crippen LogP contribution is -2.23. The summed E-state index contributed by atoms with van der Waals surface area (Å²) in [6.45, 7) is 0.123. The average Bonchev–Trinajstić information content (AvgIpc) is 2.81. The molecule has 7 nitrogen and oxygen atoms in total. The maximum absolute atomic E-state index is 13.4. The molecule has 4 aromatic rings. The zero-order valence-electron chi connectivity index (χ0n) is 17.7. The second-order valence-electron chi connectivity index (χ2n) is 7.25. The number of benzene rings is 2. The van der Waals surface area contributed by atoms with Gasteiger partial charge in [0.2, 0.25) is 0 Å². The molecule has 174 valence electrons. The summed E-state index contributed by atoms with van der Waals surface area (Å²) in [4.78, 5) is 29.4. The Morgan fingerprint density at radius 2 is 1.76 bits per heavy atom. The van der Waals surface area contributed by atoms with Crippen molar-refractivity contribution >= 4 is 16.9 Å². The molecule has 0 aliphatic carbocycles. The quantitative estimate of drug-likeness (QED) is 0.432. The maximum atomic E-state index is 13.4. The van der Waals surface area contributed by atoms with Crippen molar-refractivity contribution in [3.63, 3.8) is 0 Å². The highest BCUT2D eigenvalue weighted by Gasteiger charge is 2.31. The van der Waals surface area contributed by atoms with Gasteiger partial charge in [0.1, 0.15) is 5.75 Å². The number of rotatable bonds is 5. The van der Waals surface area contributed by atoms with Gasteiger partial charge in [-0.25, -0.2) is 9.78 Å². The van der Waals surface area contributed by atoms with E-state index in [1.165, 1.54) is 29.0 Å². The Labute approximate surface area is 190 Å². The van der Waals surface area contributed by atoms with Gasteiger partial charge in [0.25, 0.3) is 5.56 Å². The molecular weight excluding hydrogens is 453 g/mol. The molecular formula is C24H17F3N2O5. The largest absolute Gasteiger partial charge is 0.573 e. The predicted octanol–water partition coefficient (Wildman–Crippen LogP) is 4.50. The van der Waals surface area contributed by atoms with Crippen LogP contribution in [0.3, 0.4) is 0 Å². The smallest absolute Gasteiger partial charge is 0.505 e. The summed E-state index contributed by atoms with van der Waals surface area (Å²) >= 11 is 0. The monoisotopic (exact) mass is 470 g/mol. The lowest BCUT2D eigenvalue weighted by atomic mass is 10.0. The number of pyridine rings is 2. The summed E-state index contributed by atoms with van der Waals surface area (Å²) < 4.78 is 47.4. The third-order valence-electron chi connectivity index (χ3n) is 5.09. The van der Waals surface area contributed by atoms with E-state index in [1.807, 2.05) is 18.2 Å². The summed E-state index contributed by atoms with van der Waals surface area (Å²) in [5, 5.41) is 10.9. The predicted molar refractivity (Wildman–Crippen MR) is 117 cm³/mol. The third kappa shape index (κ3) is 4.56. The Bertz CT molecular complexity index is 1420. The number of alkyl halides is 3. The summed E-state index contributed by atoms with van der Waals surface area (Å²) in [6, 6.07) is 15.2. The number of carbonyl (C=O) groups excluding carboxylic acids is 1. The molecule has 0 unspecified atom stereocenters. The van der Waals surface area contributed by atoms with Crippen LogP contribution in [0.1, 0.15) is 16.1 Å². The molecule has 0 fully saturated rings. The minimum absolute atomic E-state index is 0.0966. The normalized spacial score (nSPS) is 11.4. The number of aromatic nitrogens is 2. The van der Waals surface area contributed by atoms with Crippen molar-refractivity contribution in [2.24, 2.45) is 0 Å². The molecule has 0 bridgehead atoms. The van der Waals surface area contributed by atoms with Crippen molar-refractivity contribution < 1.29 is 32.5 Å². The lowest BCUT2D eigenvalue weighted by molar-refractivity contribution is -0.274. The van der Waals surface area contributed by atoms with Crippen molar-refractivity contribution in [2.45, 2.75) is 12.9 Å². The molecule has 0 atom stereocenters. The second kappa shape index (κ2) is 8.89. The molecule has 0 saturated heterocycles. The first-order chi connectivity index (χ1) is 16.2. The maximum Gasteiger partial charge on any atom is 0.573 e. The van der Waals surface area contributed by atoms with E-state index in [4.69, 9.17) is 0 Å². The van der Waals surface area contributed by atoms with Gasteiger partial charge in [0, 0.05) is 10.9 Å². The minimum atomic E-state index is -4.85. The van der Waals surface area contributed by atoms with Crippen molar-refractivity contribution in [1.29, 1.82) is 0 Å². The van der Waals surface area contributed by atoms with Crippen molar-refractivity contribution in [1.82, 2.24) is 9.55 Å². The fraction of sp³-hybridized carbons (Fsp3) is 0.125. The number of ether oxygens (including phenoxy) is 2. The Morgan fingerprint density at radius 1 is 1.09 bits per heavy atom. The first-order valence-electron chi connectivity index (χ1n) is 9.92. The van der Waals surface area contributed by atoms with Crippen LogP contribution >= 0.6 is 0 Å². The van der Waals surface area contributed by atoms with Crippen LogP contribution in [0.15, 0.2) is 71.7 Å². The number of halogens is 3. The van der Waals surface area contributed by atoms with Crippen LogP contribution in [0, 0.1) is 0 Å². The molecule has 0 aliphatic rings. The first kappa shape index (κ1) is 22.8. The molecule has 2 aromatic heterocycles. The van der Waals surface area contributed by atoms with Crippen LogP contribution in [0.5, 0.6) is 11.5 Å². The lowest BCUT2D eigenvalue weighted by Gasteiger charge is -2.15. The molecule has 4 rings (SSSR count). The Kier molecular flexibility index (Phi) is 5.97. The second-order valence-corrected chi connectivity index (χ2v) is 7.25.